The monoisotopic (exact) mass is 434 g/mol. The normalized spacial score (nSPS) is 19.2. The van der Waals surface area contributed by atoms with E-state index in [1.165, 1.54) is 16.8 Å². The first kappa shape index (κ1) is 21.5. The molecule has 2 atom stereocenters. The first-order valence-corrected chi connectivity index (χ1v) is 10.1. The Bertz CT molecular complexity index is 1200. The molecule has 0 spiro atoms. The summed E-state index contributed by atoms with van der Waals surface area (Å²) in [6.45, 7) is 0.566. The molecular weight excluding hydrogens is 412 g/mol. The molecule has 0 aliphatic carbocycles. The van der Waals surface area contributed by atoms with Gasteiger partial charge in [-0.3, -0.25) is 14.3 Å². The van der Waals surface area contributed by atoms with Crippen molar-refractivity contribution in [2.24, 2.45) is 0 Å². The highest BCUT2D eigenvalue weighted by Crippen LogP contribution is 2.27. The lowest BCUT2D eigenvalue weighted by Crippen LogP contribution is -2.32. The van der Waals surface area contributed by atoms with Crippen LogP contribution < -0.4 is 11.2 Å². The van der Waals surface area contributed by atoms with Gasteiger partial charge in [-0.05, 0) is 17.2 Å². The average Bonchev–Trinajstić information content (AvgIpc) is 3.11. The van der Waals surface area contributed by atoms with Gasteiger partial charge in [0.15, 0.2) is 12.2 Å². The fourth-order valence-electron chi connectivity index (χ4n) is 3.28. The first-order valence-electron chi connectivity index (χ1n) is 10.1. The van der Waals surface area contributed by atoms with Crippen LogP contribution in [0.1, 0.15) is 11.1 Å². The lowest BCUT2D eigenvalue weighted by atomic mass is 10.1. The van der Waals surface area contributed by atoms with Crippen LogP contribution in [0.3, 0.4) is 0 Å². The minimum absolute atomic E-state index is 0.0921. The third kappa shape index (κ3) is 5.29. The van der Waals surface area contributed by atoms with Gasteiger partial charge in [0.2, 0.25) is 0 Å². The molecule has 8 heteroatoms. The third-order valence-corrected chi connectivity index (χ3v) is 4.94. The van der Waals surface area contributed by atoms with Crippen LogP contribution in [-0.4, -0.2) is 27.7 Å². The number of carbonyl (C=O) groups is 1. The number of rotatable bonds is 8. The van der Waals surface area contributed by atoms with E-state index in [0.29, 0.717) is 0 Å². The van der Waals surface area contributed by atoms with Crippen molar-refractivity contribution in [3.05, 3.63) is 117 Å². The number of H-pyrrole nitrogens is 1. The van der Waals surface area contributed by atoms with E-state index in [4.69, 9.17) is 14.2 Å². The minimum Gasteiger partial charge on any atom is -0.426 e. The Morgan fingerprint density at radius 2 is 1.44 bits per heavy atom. The second-order valence-corrected chi connectivity index (χ2v) is 7.22. The van der Waals surface area contributed by atoms with Crippen LogP contribution in [-0.2, 0) is 38.8 Å². The van der Waals surface area contributed by atoms with E-state index in [0.717, 1.165) is 11.1 Å². The molecule has 2 aromatic carbocycles. The van der Waals surface area contributed by atoms with Gasteiger partial charge in [-0.25, -0.2) is 9.59 Å². The lowest BCUT2D eigenvalue weighted by molar-refractivity contribution is -0.149. The number of ether oxygens (including phenoxy) is 3. The number of aromatic amines is 1. The zero-order chi connectivity index (χ0) is 22.3. The molecule has 1 aliphatic rings. The number of allylic oxidation sites excluding steroid dienone is 1. The molecular formula is C24H22N2O6. The van der Waals surface area contributed by atoms with Gasteiger partial charge >= 0.3 is 11.7 Å². The largest absolute Gasteiger partial charge is 0.426 e. The number of cyclic esters (lactones) is 1. The van der Waals surface area contributed by atoms with Crippen LogP contribution in [0.15, 0.2) is 94.4 Å². The van der Waals surface area contributed by atoms with E-state index in [1.54, 1.807) is 6.08 Å². The molecule has 8 nitrogen and oxygen atoms in total. The molecule has 32 heavy (non-hydrogen) atoms. The van der Waals surface area contributed by atoms with Gasteiger partial charge in [-0.1, -0.05) is 60.7 Å². The number of nitrogens with zero attached hydrogens (tertiary/aromatic N) is 1. The zero-order valence-electron chi connectivity index (χ0n) is 17.2. The zero-order valence-corrected chi connectivity index (χ0v) is 17.2. The fraction of sp³-hybridized carbons (Fsp3) is 0.208. The van der Waals surface area contributed by atoms with Crippen molar-refractivity contribution in [3.63, 3.8) is 0 Å². The summed E-state index contributed by atoms with van der Waals surface area (Å²) < 4.78 is 18.6. The summed E-state index contributed by atoms with van der Waals surface area (Å²) in [4.78, 5) is 38.0. The molecule has 164 valence electrons. The highest BCUT2D eigenvalue weighted by Gasteiger charge is 2.43. The van der Waals surface area contributed by atoms with Crippen molar-refractivity contribution < 1.29 is 19.0 Å². The summed E-state index contributed by atoms with van der Waals surface area (Å²) in [7, 11) is 0. The standard InChI is InChI=1S/C24H22N2O6/c27-20-12-14-26(24(29)25-20)13-11-19-21(30-15-17-7-3-1-4-8-17)22(23(28)32-19)31-16-18-9-5-2-6-10-18/h1-12,14,21-22H,13,15-16H2,(H,25,27,29)/b19-11-. The molecule has 4 rings (SSSR count). The Labute approximate surface area is 183 Å². The smallest absolute Gasteiger partial charge is 0.343 e. The summed E-state index contributed by atoms with van der Waals surface area (Å²) in [6, 6.07) is 20.3. The molecule has 0 amide bonds. The Morgan fingerprint density at radius 3 is 2.03 bits per heavy atom. The van der Waals surface area contributed by atoms with Crippen molar-refractivity contribution in [1.29, 1.82) is 0 Å². The summed E-state index contributed by atoms with van der Waals surface area (Å²) in [5.74, 6) is -0.291. The number of carbonyl (C=O) groups excluding carboxylic acids is 1. The van der Waals surface area contributed by atoms with E-state index in [1.807, 2.05) is 60.7 Å². The maximum absolute atomic E-state index is 12.6. The van der Waals surface area contributed by atoms with Gasteiger partial charge < -0.3 is 14.2 Å². The second kappa shape index (κ2) is 10.0. The quantitative estimate of drug-likeness (QED) is 0.546. The SMILES string of the molecule is O=C1O/C(=C\Cn2ccc(=O)[nH]c2=O)C(OCc2ccccc2)C1OCc1ccccc1. The van der Waals surface area contributed by atoms with Crippen LogP contribution in [0.2, 0.25) is 0 Å². The van der Waals surface area contributed by atoms with Crippen molar-refractivity contribution in [1.82, 2.24) is 9.55 Å². The fourth-order valence-corrected chi connectivity index (χ4v) is 3.28. The van der Waals surface area contributed by atoms with Gasteiger partial charge in [0.05, 0.1) is 13.2 Å². The second-order valence-electron chi connectivity index (χ2n) is 7.22. The molecule has 1 fully saturated rings. The van der Waals surface area contributed by atoms with Crippen molar-refractivity contribution in [3.8, 4) is 0 Å². The molecule has 0 radical (unpaired) electrons. The maximum Gasteiger partial charge on any atom is 0.343 e. The number of benzene rings is 2. The van der Waals surface area contributed by atoms with Gasteiger partial charge in [0.1, 0.15) is 5.76 Å². The summed E-state index contributed by atoms with van der Waals surface area (Å²) in [5.41, 5.74) is 0.811. The van der Waals surface area contributed by atoms with Crippen LogP contribution in [0.5, 0.6) is 0 Å². The number of hydrogen-bond donors (Lipinski definition) is 1. The highest BCUT2D eigenvalue weighted by atomic mass is 16.6. The minimum atomic E-state index is -0.947. The molecule has 0 saturated carbocycles. The van der Waals surface area contributed by atoms with E-state index >= 15 is 0 Å². The van der Waals surface area contributed by atoms with Gasteiger partial charge in [0, 0.05) is 18.8 Å². The van der Waals surface area contributed by atoms with Gasteiger partial charge in [0.25, 0.3) is 5.56 Å². The van der Waals surface area contributed by atoms with E-state index in [-0.39, 0.29) is 25.5 Å². The number of esters is 1. The predicted octanol–water partition coefficient (Wildman–Crippen LogP) is 2.15. The van der Waals surface area contributed by atoms with Crippen molar-refractivity contribution in [2.75, 3.05) is 0 Å². The lowest BCUT2D eigenvalue weighted by Gasteiger charge is -2.18. The van der Waals surface area contributed by atoms with Crippen molar-refractivity contribution in [2.45, 2.75) is 32.0 Å². The Hall–Kier alpha value is -3.75. The molecule has 1 saturated heterocycles. The van der Waals surface area contributed by atoms with Crippen LogP contribution in [0.4, 0.5) is 0 Å². The topological polar surface area (TPSA) is 99.6 Å². The van der Waals surface area contributed by atoms with E-state index in [2.05, 4.69) is 4.98 Å². The summed E-state index contributed by atoms with van der Waals surface area (Å²) in [5, 5.41) is 0. The van der Waals surface area contributed by atoms with Crippen LogP contribution >= 0.6 is 0 Å². The summed E-state index contributed by atoms with van der Waals surface area (Å²) in [6.07, 6.45) is 1.24. The van der Waals surface area contributed by atoms with E-state index < -0.39 is 29.4 Å². The molecule has 2 unspecified atom stereocenters. The van der Waals surface area contributed by atoms with Gasteiger partial charge in [-0.15, -0.1) is 0 Å². The number of nitrogens with one attached hydrogen (secondary N) is 1. The molecule has 1 N–H and O–H groups in total. The molecule has 1 aromatic heterocycles. The van der Waals surface area contributed by atoms with Crippen LogP contribution in [0.25, 0.3) is 0 Å². The predicted molar refractivity (Wildman–Crippen MR) is 116 cm³/mol. The first-order chi connectivity index (χ1) is 15.6. The molecule has 1 aliphatic heterocycles. The molecule has 0 bridgehead atoms. The molecule has 2 heterocycles. The number of hydrogen-bond acceptors (Lipinski definition) is 6. The summed E-state index contributed by atoms with van der Waals surface area (Å²) >= 11 is 0. The average molecular weight is 434 g/mol. The van der Waals surface area contributed by atoms with Gasteiger partial charge in [-0.2, -0.15) is 0 Å². The van der Waals surface area contributed by atoms with Crippen LogP contribution in [0, 0.1) is 0 Å². The Kier molecular flexibility index (Phi) is 6.74. The highest BCUT2D eigenvalue weighted by molar-refractivity contribution is 5.80. The third-order valence-electron chi connectivity index (χ3n) is 4.94. The molecule has 3 aromatic rings. The maximum atomic E-state index is 12.6. The Morgan fingerprint density at radius 1 is 0.844 bits per heavy atom. The Balaban J connectivity index is 1.53. The van der Waals surface area contributed by atoms with E-state index in [9.17, 15) is 14.4 Å². The van der Waals surface area contributed by atoms with Crippen molar-refractivity contribution >= 4 is 5.97 Å². The number of aromatic nitrogens is 2.